The van der Waals surface area contributed by atoms with Crippen LogP contribution in [0.4, 0.5) is 0 Å². The van der Waals surface area contributed by atoms with Crippen molar-refractivity contribution in [1.29, 1.82) is 0 Å². The predicted octanol–water partition coefficient (Wildman–Crippen LogP) is 2.54. The van der Waals surface area contributed by atoms with Gasteiger partial charge in [0.15, 0.2) is 0 Å². The SMILES string of the molecule is C=CCN(C)C(C#CC1CC1)C(C)C. The van der Waals surface area contributed by atoms with Crippen LogP contribution in [0, 0.1) is 23.7 Å². The molecule has 1 aliphatic carbocycles. The van der Waals surface area contributed by atoms with Crippen LogP contribution in [0.1, 0.15) is 26.7 Å². The lowest BCUT2D eigenvalue weighted by Gasteiger charge is -2.25. The number of rotatable bonds is 4. The minimum absolute atomic E-state index is 0.383. The molecule has 1 heteroatoms. The summed E-state index contributed by atoms with van der Waals surface area (Å²) in [4.78, 5) is 2.27. The van der Waals surface area contributed by atoms with Crippen molar-refractivity contribution in [1.82, 2.24) is 4.90 Å². The molecule has 0 radical (unpaired) electrons. The third kappa shape index (κ3) is 3.55. The van der Waals surface area contributed by atoms with Crippen LogP contribution in [-0.2, 0) is 0 Å². The maximum absolute atomic E-state index is 3.76. The molecule has 1 unspecified atom stereocenters. The molecule has 1 rings (SSSR count). The lowest BCUT2D eigenvalue weighted by Crippen LogP contribution is -2.34. The van der Waals surface area contributed by atoms with Crippen LogP contribution >= 0.6 is 0 Å². The van der Waals surface area contributed by atoms with E-state index in [0.29, 0.717) is 17.9 Å². The van der Waals surface area contributed by atoms with Gasteiger partial charge in [0, 0.05) is 12.5 Å². The summed E-state index contributed by atoms with van der Waals surface area (Å²) in [6, 6.07) is 0.383. The van der Waals surface area contributed by atoms with Gasteiger partial charge in [-0.25, -0.2) is 0 Å². The molecular formula is C13H21N. The second-order valence-corrected chi connectivity index (χ2v) is 4.48. The van der Waals surface area contributed by atoms with Crippen molar-refractivity contribution in [3.05, 3.63) is 12.7 Å². The Morgan fingerprint density at radius 3 is 2.57 bits per heavy atom. The summed E-state index contributed by atoms with van der Waals surface area (Å²) in [6.07, 6.45) is 4.56. The average molecular weight is 191 g/mol. The summed E-state index contributed by atoms with van der Waals surface area (Å²) >= 11 is 0. The first-order chi connectivity index (χ1) is 6.65. The third-order valence-corrected chi connectivity index (χ3v) is 2.54. The van der Waals surface area contributed by atoms with Crippen molar-refractivity contribution in [3.8, 4) is 11.8 Å². The highest BCUT2D eigenvalue weighted by Crippen LogP contribution is 2.27. The smallest absolute Gasteiger partial charge is 0.0738 e. The fraction of sp³-hybridized carbons (Fsp3) is 0.692. The summed E-state index contributed by atoms with van der Waals surface area (Å²) in [5.74, 6) is 8.04. The Morgan fingerprint density at radius 2 is 2.14 bits per heavy atom. The van der Waals surface area contributed by atoms with Gasteiger partial charge in [-0.05, 0) is 25.8 Å². The van der Waals surface area contributed by atoms with Gasteiger partial charge in [-0.2, -0.15) is 0 Å². The van der Waals surface area contributed by atoms with Crippen molar-refractivity contribution < 1.29 is 0 Å². The van der Waals surface area contributed by atoms with E-state index in [-0.39, 0.29) is 0 Å². The van der Waals surface area contributed by atoms with Crippen LogP contribution < -0.4 is 0 Å². The molecule has 0 aliphatic heterocycles. The third-order valence-electron chi connectivity index (χ3n) is 2.54. The van der Waals surface area contributed by atoms with Crippen LogP contribution in [-0.4, -0.2) is 24.5 Å². The largest absolute Gasteiger partial charge is 0.289 e. The van der Waals surface area contributed by atoms with Gasteiger partial charge in [0.25, 0.3) is 0 Å². The molecule has 0 aromatic rings. The van der Waals surface area contributed by atoms with Gasteiger partial charge in [0.2, 0.25) is 0 Å². The van der Waals surface area contributed by atoms with Gasteiger partial charge < -0.3 is 0 Å². The molecule has 0 spiro atoms. The minimum atomic E-state index is 0.383. The van der Waals surface area contributed by atoms with Gasteiger partial charge in [-0.15, -0.1) is 6.58 Å². The monoisotopic (exact) mass is 191 g/mol. The predicted molar refractivity (Wildman–Crippen MR) is 62.0 cm³/mol. The van der Waals surface area contributed by atoms with Gasteiger partial charge in [-0.1, -0.05) is 31.8 Å². The number of nitrogens with zero attached hydrogens (tertiary/aromatic N) is 1. The zero-order valence-corrected chi connectivity index (χ0v) is 9.59. The van der Waals surface area contributed by atoms with Gasteiger partial charge in [-0.3, -0.25) is 4.90 Å². The van der Waals surface area contributed by atoms with E-state index in [1.165, 1.54) is 12.8 Å². The van der Waals surface area contributed by atoms with Crippen molar-refractivity contribution >= 4 is 0 Å². The molecule has 0 aromatic carbocycles. The zero-order valence-electron chi connectivity index (χ0n) is 9.59. The van der Waals surface area contributed by atoms with E-state index in [0.717, 1.165) is 6.54 Å². The van der Waals surface area contributed by atoms with Crippen LogP contribution in [0.25, 0.3) is 0 Å². The highest BCUT2D eigenvalue weighted by molar-refractivity contribution is 5.15. The topological polar surface area (TPSA) is 3.24 Å². The quantitative estimate of drug-likeness (QED) is 0.487. The standard InChI is InChI=1S/C13H21N/c1-5-10-14(4)13(11(2)3)9-8-12-6-7-12/h5,11-13H,1,6-7,10H2,2-4H3. The lowest BCUT2D eigenvalue weighted by molar-refractivity contribution is 0.264. The summed E-state index contributed by atoms with van der Waals surface area (Å²) in [7, 11) is 2.12. The first-order valence-corrected chi connectivity index (χ1v) is 5.47. The normalized spacial score (nSPS) is 17.8. The second-order valence-electron chi connectivity index (χ2n) is 4.48. The molecule has 0 heterocycles. The highest BCUT2D eigenvalue weighted by Gasteiger charge is 2.20. The van der Waals surface area contributed by atoms with E-state index < -0.39 is 0 Å². The molecule has 78 valence electrons. The van der Waals surface area contributed by atoms with Crippen LogP contribution in [0.2, 0.25) is 0 Å². The Bertz CT molecular complexity index is 240. The Morgan fingerprint density at radius 1 is 1.50 bits per heavy atom. The molecule has 1 nitrogen and oxygen atoms in total. The van der Waals surface area contributed by atoms with Gasteiger partial charge in [0.05, 0.1) is 6.04 Å². The molecule has 14 heavy (non-hydrogen) atoms. The first-order valence-electron chi connectivity index (χ1n) is 5.47. The molecule has 1 saturated carbocycles. The van der Waals surface area contributed by atoms with E-state index in [1.807, 2.05) is 6.08 Å². The zero-order chi connectivity index (χ0) is 10.6. The van der Waals surface area contributed by atoms with Gasteiger partial charge in [0.1, 0.15) is 0 Å². The van der Waals surface area contributed by atoms with E-state index in [2.05, 4.69) is 44.2 Å². The average Bonchev–Trinajstić information content (AvgIpc) is 2.88. The van der Waals surface area contributed by atoms with E-state index in [1.54, 1.807) is 0 Å². The summed E-state index contributed by atoms with van der Waals surface area (Å²) in [5, 5.41) is 0. The molecule has 1 atom stereocenters. The first kappa shape index (κ1) is 11.3. The van der Waals surface area contributed by atoms with Crippen LogP contribution in [0.15, 0.2) is 12.7 Å². The molecule has 0 N–H and O–H groups in total. The highest BCUT2D eigenvalue weighted by atomic mass is 15.1. The van der Waals surface area contributed by atoms with Crippen molar-refractivity contribution in [2.24, 2.45) is 11.8 Å². The molecule has 0 saturated heterocycles. The maximum Gasteiger partial charge on any atom is 0.0738 e. The molecule has 1 aliphatic rings. The Labute approximate surface area is 88.2 Å². The lowest BCUT2D eigenvalue weighted by atomic mass is 10.0. The minimum Gasteiger partial charge on any atom is -0.289 e. The fourth-order valence-corrected chi connectivity index (χ4v) is 1.53. The fourth-order valence-electron chi connectivity index (χ4n) is 1.53. The Balaban J connectivity index is 2.53. The Kier molecular flexibility index (Phi) is 4.22. The molecule has 1 fully saturated rings. The second kappa shape index (κ2) is 5.22. The Hall–Kier alpha value is -0.740. The number of hydrogen-bond acceptors (Lipinski definition) is 1. The van der Waals surface area contributed by atoms with E-state index >= 15 is 0 Å². The summed E-state index contributed by atoms with van der Waals surface area (Å²) in [6.45, 7) is 9.13. The van der Waals surface area contributed by atoms with E-state index in [9.17, 15) is 0 Å². The summed E-state index contributed by atoms with van der Waals surface area (Å²) < 4.78 is 0. The molecule has 0 aromatic heterocycles. The van der Waals surface area contributed by atoms with Crippen molar-refractivity contribution in [3.63, 3.8) is 0 Å². The number of hydrogen-bond donors (Lipinski definition) is 0. The van der Waals surface area contributed by atoms with Crippen LogP contribution in [0.3, 0.4) is 0 Å². The molecular weight excluding hydrogens is 170 g/mol. The maximum atomic E-state index is 3.76. The number of likely N-dealkylation sites (N-methyl/N-ethyl adjacent to an activating group) is 1. The van der Waals surface area contributed by atoms with Crippen molar-refractivity contribution in [2.45, 2.75) is 32.7 Å². The van der Waals surface area contributed by atoms with E-state index in [4.69, 9.17) is 0 Å². The van der Waals surface area contributed by atoms with Gasteiger partial charge >= 0.3 is 0 Å². The molecule has 0 amide bonds. The van der Waals surface area contributed by atoms with Crippen LogP contribution in [0.5, 0.6) is 0 Å². The summed E-state index contributed by atoms with van der Waals surface area (Å²) in [5.41, 5.74) is 0. The molecule has 0 bridgehead atoms. The van der Waals surface area contributed by atoms with Crippen molar-refractivity contribution in [2.75, 3.05) is 13.6 Å².